The lowest BCUT2D eigenvalue weighted by atomic mass is 9.98. The molecule has 96 valence electrons. The number of sulfone groups is 1. The van der Waals surface area contributed by atoms with Crippen LogP contribution in [-0.2, 0) is 23.3 Å². The van der Waals surface area contributed by atoms with E-state index in [1.165, 1.54) is 0 Å². The quantitative estimate of drug-likeness (QED) is 0.790. The van der Waals surface area contributed by atoms with E-state index in [-0.39, 0.29) is 22.8 Å². The van der Waals surface area contributed by atoms with E-state index in [2.05, 4.69) is 5.10 Å². The maximum atomic E-state index is 11.5. The van der Waals surface area contributed by atoms with Crippen LogP contribution in [0.2, 0.25) is 0 Å². The fourth-order valence-corrected chi connectivity index (χ4v) is 4.71. The summed E-state index contributed by atoms with van der Waals surface area (Å²) in [5.74, 6) is 0.498. The summed E-state index contributed by atoms with van der Waals surface area (Å²) >= 11 is 6.42. The van der Waals surface area contributed by atoms with E-state index >= 15 is 0 Å². The zero-order valence-corrected chi connectivity index (χ0v) is 11.6. The van der Waals surface area contributed by atoms with E-state index in [0.717, 1.165) is 17.7 Å². The zero-order valence-electron chi connectivity index (χ0n) is 10.1. The summed E-state index contributed by atoms with van der Waals surface area (Å²) in [6.45, 7) is 2.03. The fraction of sp³-hybridized carbons (Fsp3) is 0.727. The van der Waals surface area contributed by atoms with Gasteiger partial charge in [0.1, 0.15) is 0 Å². The third kappa shape index (κ3) is 2.65. The van der Waals surface area contributed by atoms with Gasteiger partial charge >= 0.3 is 0 Å². The van der Waals surface area contributed by atoms with Gasteiger partial charge in [0.05, 0.1) is 22.6 Å². The maximum Gasteiger partial charge on any atom is 0.150 e. The molecule has 2 rings (SSSR count). The lowest BCUT2D eigenvalue weighted by molar-refractivity contribution is 0.566. The molecule has 0 bridgehead atoms. The van der Waals surface area contributed by atoms with Gasteiger partial charge in [0, 0.05) is 18.8 Å². The number of hydrogen-bond donors (Lipinski definition) is 0. The summed E-state index contributed by atoms with van der Waals surface area (Å²) in [4.78, 5) is 0. The Kier molecular flexibility index (Phi) is 3.50. The Hall–Kier alpha value is -0.550. The van der Waals surface area contributed by atoms with E-state index in [0.29, 0.717) is 6.42 Å². The van der Waals surface area contributed by atoms with E-state index in [9.17, 15) is 8.42 Å². The largest absolute Gasteiger partial charge is 0.275 e. The molecule has 0 amide bonds. The van der Waals surface area contributed by atoms with Crippen molar-refractivity contribution in [2.24, 2.45) is 13.0 Å². The molecule has 17 heavy (non-hydrogen) atoms. The van der Waals surface area contributed by atoms with Crippen LogP contribution in [0.1, 0.15) is 30.0 Å². The van der Waals surface area contributed by atoms with Crippen LogP contribution in [0, 0.1) is 5.92 Å². The number of aromatic nitrogens is 2. The van der Waals surface area contributed by atoms with Gasteiger partial charge in [-0.2, -0.15) is 5.10 Å². The van der Waals surface area contributed by atoms with Crippen molar-refractivity contribution in [1.29, 1.82) is 0 Å². The fourth-order valence-electron chi connectivity index (χ4n) is 2.37. The van der Waals surface area contributed by atoms with Crippen LogP contribution in [0.3, 0.4) is 0 Å². The van der Waals surface area contributed by atoms with Gasteiger partial charge in [-0.15, -0.1) is 11.6 Å². The van der Waals surface area contributed by atoms with Gasteiger partial charge in [-0.05, 0) is 18.8 Å². The molecule has 0 spiro atoms. The molecular formula is C11H17ClN2O2S. The first-order valence-electron chi connectivity index (χ1n) is 5.80. The highest BCUT2D eigenvalue weighted by atomic mass is 35.5. The van der Waals surface area contributed by atoms with Crippen LogP contribution in [-0.4, -0.2) is 29.7 Å². The Morgan fingerprint density at radius 3 is 2.88 bits per heavy atom. The van der Waals surface area contributed by atoms with E-state index in [4.69, 9.17) is 11.6 Å². The summed E-state index contributed by atoms with van der Waals surface area (Å²) < 4.78 is 24.7. The van der Waals surface area contributed by atoms with Gasteiger partial charge in [-0.1, -0.05) is 6.92 Å². The molecule has 0 saturated carbocycles. The second-order valence-corrected chi connectivity index (χ2v) is 7.32. The smallest absolute Gasteiger partial charge is 0.150 e. The number of hydrogen-bond acceptors (Lipinski definition) is 3. The first-order chi connectivity index (χ1) is 7.93. The molecule has 2 atom stereocenters. The maximum absolute atomic E-state index is 11.5. The number of nitrogens with zero attached hydrogens (tertiary/aromatic N) is 2. The topological polar surface area (TPSA) is 52.0 Å². The Bertz CT molecular complexity index is 510. The zero-order chi connectivity index (χ0) is 12.6. The molecule has 1 aromatic heterocycles. The predicted molar refractivity (Wildman–Crippen MR) is 67.9 cm³/mol. The van der Waals surface area contributed by atoms with Crippen molar-refractivity contribution in [2.75, 3.05) is 11.5 Å². The first kappa shape index (κ1) is 12.9. The molecule has 1 aliphatic rings. The number of rotatable bonds is 3. The van der Waals surface area contributed by atoms with Crippen molar-refractivity contribution in [3.63, 3.8) is 0 Å². The van der Waals surface area contributed by atoms with Crippen molar-refractivity contribution in [3.8, 4) is 0 Å². The summed E-state index contributed by atoms with van der Waals surface area (Å²) in [7, 11) is -1.01. The predicted octanol–water partition coefficient (Wildman–Crippen LogP) is 1.70. The Labute approximate surface area is 107 Å². The molecule has 2 heterocycles. The van der Waals surface area contributed by atoms with Crippen molar-refractivity contribution in [2.45, 2.75) is 25.1 Å². The van der Waals surface area contributed by atoms with Crippen molar-refractivity contribution in [1.82, 2.24) is 9.78 Å². The van der Waals surface area contributed by atoms with Crippen molar-refractivity contribution in [3.05, 3.63) is 17.5 Å². The third-order valence-electron chi connectivity index (χ3n) is 3.25. The highest BCUT2D eigenvalue weighted by molar-refractivity contribution is 7.91. The number of halogens is 1. The Morgan fingerprint density at radius 2 is 2.35 bits per heavy atom. The van der Waals surface area contributed by atoms with E-state index in [1.807, 2.05) is 20.2 Å². The first-order valence-corrected chi connectivity index (χ1v) is 8.05. The molecule has 6 heteroatoms. The number of aryl methyl sites for hydroxylation is 2. The van der Waals surface area contributed by atoms with Crippen LogP contribution in [0.5, 0.6) is 0 Å². The molecule has 0 N–H and O–H groups in total. The highest BCUT2D eigenvalue weighted by Gasteiger charge is 2.34. The summed E-state index contributed by atoms with van der Waals surface area (Å²) in [5.41, 5.74) is 1.95. The summed E-state index contributed by atoms with van der Waals surface area (Å²) in [5, 5.41) is 4.10. The normalized spacial score (nSPS) is 25.0. The molecule has 0 aromatic carbocycles. The molecule has 1 saturated heterocycles. The van der Waals surface area contributed by atoms with Gasteiger partial charge < -0.3 is 0 Å². The van der Waals surface area contributed by atoms with Crippen molar-refractivity contribution >= 4 is 21.4 Å². The molecule has 1 fully saturated rings. The minimum absolute atomic E-state index is 0.0242. The number of alkyl halides is 1. The average Bonchev–Trinajstić information content (AvgIpc) is 2.80. The van der Waals surface area contributed by atoms with Crippen LogP contribution < -0.4 is 0 Å². The van der Waals surface area contributed by atoms with Crippen LogP contribution >= 0.6 is 11.6 Å². The van der Waals surface area contributed by atoms with Gasteiger partial charge in [0.15, 0.2) is 9.84 Å². The second kappa shape index (κ2) is 4.61. The second-order valence-electron chi connectivity index (χ2n) is 4.62. The minimum atomic E-state index is -2.87. The molecule has 0 aliphatic carbocycles. The molecule has 0 radical (unpaired) electrons. The lowest BCUT2D eigenvalue weighted by Crippen LogP contribution is -2.11. The highest BCUT2D eigenvalue weighted by Crippen LogP contribution is 2.37. The molecule has 2 unspecified atom stereocenters. The van der Waals surface area contributed by atoms with E-state index < -0.39 is 9.84 Å². The molecule has 1 aromatic rings. The average molecular weight is 277 g/mol. The van der Waals surface area contributed by atoms with Gasteiger partial charge in [0.25, 0.3) is 0 Å². The Morgan fingerprint density at radius 1 is 1.65 bits per heavy atom. The summed E-state index contributed by atoms with van der Waals surface area (Å²) in [6, 6.07) is 0. The minimum Gasteiger partial charge on any atom is -0.275 e. The van der Waals surface area contributed by atoms with Gasteiger partial charge in [0.2, 0.25) is 0 Å². The van der Waals surface area contributed by atoms with Gasteiger partial charge in [-0.3, -0.25) is 4.68 Å². The van der Waals surface area contributed by atoms with E-state index in [1.54, 1.807) is 4.68 Å². The molecular weight excluding hydrogens is 260 g/mol. The standard InChI is InChI=1S/C11H17ClN2O2S/c1-3-10-9(6-14(2)13-10)11(12)8-4-5-17(15,16)7-8/h6,8,11H,3-5,7H2,1-2H3. The Balaban J connectivity index is 2.22. The van der Waals surface area contributed by atoms with Crippen LogP contribution in [0.4, 0.5) is 0 Å². The monoisotopic (exact) mass is 276 g/mol. The third-order valence-corrected chi connectivity index (χ3v) is 5.64. The molecule has 1 aliphatic heterocycles. The molecule has 4 nitrogen and oxygen atoms in total. The van der Waals surface area contributed by atoms with Crippen LogP contribution in [0.15, 0.2) is 6.20 Å². The lowest BCUT2D eigenvalue weighted by Gasteiger charge is -2.15. The van der Waals surface area contributed by atoms with Gasteiger partial charge in [-0.25, -0.2) is 8.42 Å². The van der Waals surface area contributed by atoms with Crippen molar-refractivity contribution < 1.29 is 8.42 Å². The van der Waals surface area contributed by atoms with Crippen LogP contribution in [0.25, 0.3) is 0 Å². The summed E-state index contributed by atoms with van der Waals surface area (Å²) in [6.07, 6.45) is 3.38. The SMILES string of the molecule is CCc1nn(C)cc1C(Cl)C1CCS(=O)(=O)C1.